The third kappa shape index (κ3) is 2.32. The minimum Gasteiger partial charge on any atom is -0.337 e. The average Bonchev–Trinajstić information content (AvgIpc) is 2.54. The lowest BCUT2D eigenvalue weighted by molar-refractivity contribution is -0.129. The summed E-state index contributed by atoms with van der Waals surface area (Å²) in [4.78, 5) is 13.3. The zero-order valence-corrected chi connectivity index (χ0v) is 10.1. The van der Waals surface area contributed by atoms with Gasteiger partial charge in [0.25, 0.3) is 0 Å². The molecule has 0 aliphatic carbocycles. The number of carbonyl (C=O) groups excluding carboxylic acids is 1. The van der Waals surface area contributed by atoms with Crippen molar-refractivity contribution in [2.75, 3.05) is 6.54 Å². The molecule has 1 atom stereocenters. The Hall–Kier alpha value is -0.770. The first-order valence-electron chi connectivity index (χ1n) is 5.06. The molecule has 2 rings (SSSR count). The predicted octanol–water partition coefficient (Wildman–Crippen LogP) is 2.05. The molecule has 0 aromatic heterocycles. The van der Waals surface area contributed by atoms with E-state index < -0.39 is 0 Å². The van der Waals surface area contributed by atoms with Crippen LogP contribution in [-0.2, 0) is 11.3 Å². The van der Waals surface area contributed by atoms with Gasteiger partial charge in [-0.25, -0.2) is 0 Å². The van der Waals surface area contributed by atoms with E-state index in [0.717, 1.165) is 5.56 Å². The Labute approximate surface area is 104 Å². The number of rotatable bonds is 2. The van der Waals surface area contributed by atoms with Gasteiger partial charge in [0.1, 0.15) is 0 Å². The fraction of sp³-hybridized carbons (Fsp3) is 0.364. The van der Waals surface area contributed by atoms with Gasteiger partial charge in [-0.2, -0.15) is 0 Å². The van der Waals surface area contributed by atoms with E-state index in [1.807, 2.05) is 6.07 Å². The normalized spacial score (nSPS) is 20.6. The minimum atomic E-state index is -0.355. The second kappa shape index (κ2) is 4.62. The second-order valence-corrected chi connectivity index (χ2v) is 4.73. The van der Waals surface area contributed by atoms with Crippen LogP contribution in [0.2, 0.25) is 10.0 Å². The Kier molecular flexibility index (Phi) is 3.38. The molecule has 0 radical (unpaired) electrons. The van der Waals surface area contributed by atoms with Crippen LogP contribution in [0.1, 0.15) is 12.0 Å². The van der Waals surface area contributed by atoms with Crippen molar-refractivity contribution in [3.05, 3.63) is 33.8 Å². The van der Waals surface area contributed by atoms with Crippen molar-refractivity contribution >= 4 is 29.1 Å². The largest absolute Gasteiger partial charge is 0.337 e. The maximum Gasteiger partial charge on any atom is 0.239 e. The summed E-state index contributed by atoms with van der Waals surface area (Å²) in [7, 11) is 0. The Balaban J connectivity index is 2.12. The van der Waals surface area contributed by atoms with Gasteiger partial charge in [-0.1, -0.05) is 29.3 Å². The standard InChI is InChI=1S/C11H12Cl2N2O/c12-8-2-1-7(9(13)5-8)6-15-4-3-10(14)11(15)16/h1-2,5,10H,3-4,6,14H2/t10-/m1/s1. The molecule has 1 aromatic rings. The number of halogens is 2. The maximum absolute atomic E-state index is 11.6. The van der Waals surface area contributed by atoms with Crippen LogP contribution in [0.4, 0.5) is 0 Å². The Morgan fingerprint density at radius 1 is 1.44 bits per heavy atom. The highest BCUT2D eigenvalue weighted by Crippen LogP contribution is 2.23. The van der Waals surface area contributed by atoms with Crippen LogP contribution in [-0.4, -0.2) is 23.4 Å². The van der Waals surface area contributed by atoms with Crippen LogP contribution < -0.4 is 5.73 Å². The van der Waals surface area contributed by atoms with Crippen LogP contribution in [0.3, 0.4) is 0 Å². The van der Waals surface area contributed by atoms with Crippen LogP contribution in [0, 0.1) is 0 Å². The van der Waals surface area contributed by atoms with E-state index in [2.05, 4.69) is 0 Å². The van der Waals surface area contributed by atoms with E-state index in [-0.39, 0.29) is 11.9 Å². The van der Waals surface area contributed by atoms with E-state index in [0.29, 0.717) is 29.6 Å². The first-order chi connectivity index (χ1) is 7.58. The smallest absolute Gasteiger partial charge is 0.239 e. The molecule has 1 aliphatic heterocycles. The molecular formula is C11H12Cl2N2O. The number of likely N-dealkylation sites (tertiary alicyclic amines) is 1. The molecule has 1 heterocycles. The maximum atomic E-state index is 11.6. The van der Waals surface area contributed by atoms with Crippen LogP contribution >= 0.6 is 23.2 Å². The van der Waals surface area contributed by atoms with Crippen molar-refractivity contribution < 1.29 is 4.79 Å². The molecule has 3 nitrogen and oxygen atoms in total. The van der Waals surface area contributed by atoms with Crippen molar-refractivity contribution in [2.24, 2.45) is 5.73 Å². The van der Waals surface area contributed by atoms with Gasteiger partial charge in [0, 0.05) is 23.1 Å². The van der Waals surface area contributed by atoms with Crippen LogP contribution in [0.15, 0.2) is 18.2 Å². The topological polar surface area (TPSA) is 46.3 Å². The van der Waals surface area contributed by atoms with E-state index in [1.54, 1.807) is 17.0 Å². The summed E-state index contributed by atoms with van der Waals surface area (Å²) in [6.07, 6.45) is 0.712. The average molecular weight is 259 g/mol. The van der Waals surface area contributed by atoms with Crippen molar-refractivity contribution in [1.82, 2.24) is 4.90 Å². The van der Waals surface area contributed by atoms with Crippen molar-refractivity contribution in [3.63, 3.8) is 0 Å². The highest BCUT2D eigenvalue weighted by molar-refractivity contribution is 6.35. The third-order valence-electron chi connectivity index (χ3n) is 2.72. The Bertz CT molecular complexity index is 422. The van der Waals surface area contributed by atoms with Gasteiger partial charge in [0.2, 0.25) is 5.91 Å². The molecule has 0 unspecified atom stereocenters. The molecule has 1 aromatic carbocycles. The van der Waals surface area contributed by atoms with Gasteiger partial charge in [-0.15, -0.1) is 0 Å². The van der Waals surface area contributed by atoms with Crippen molar-refractivity contribution in [1.29, 1.82) is 0 Å². The van der Waals surface area contributed by atoms with Crippen LogP contribution in [0.25, 0.3) is 0 Å². The Morgan fingerprint density at radius 3 is 2.75 bits per heavy atom. The number of nitrogens with two attached hydrogens (primary N) is 1. The molecule has 86 valence electrons. The lowest BCUT2D eigenvalue weighted by Crippen LogP contribution is -2.33. The highest BCUT2D eigenvalue weighted by Gasteiger charge is 2.28. The molecule has 0 bridgehead atoms. The van der Waals surface area contributed by atoms with E-state index >= 15 is 0 Å². The quantitative estimate of drug-likeness (QED) is 0.883. The molecule has 0 spiro atoms. The Morgan fingerprint density at radius 2 is 2.19 bits per heavy atom. The number of carbonyl (C=O) groups is 1. The monoisotopic (exact) mass is 258 g/mol. The number of amides is 1. The summed E-state index contributed by atoms with van der Waals surface area (Å²) < 4.78 is 0. The molecule has 2 N–H and O–H groups in total. The molecule has 5 heteroatoms. The summed E-state index contributed by atoms with van der Waals surface area (Å²) in [5.74, 6) is -0.00832. The first-order valence-corrected chi connectivity index (χ1v) is 5.82. The molecule has 1 amide bonds. The molecule has 1 fully saturated rings. The number of hydrogen-bond acceptors (Lipinski definition) is 2. The van der Waals surface area contributed by atoms with Gasteiger partial charge in [0.15, 0.2) is 0 Å². The zero-order valence-electron chi connectivity index (χ0n) is 8.62. The highest BCUT2D eigenvalue weighted by atomic mass is 35.5. The number of nitrogens with zero attached hydrogens (tertiary/aromatic N) is 1. The summed E-state index contributed by atoms with van der Waals surface area (Å²) in [6.45, 7) is 1.20. The van der Waals surface area contributed by atoms with Crippen molar-refractivity contribution in [3.8, 4) is 0 Å². The number of hydrogen-bond donors (Lipinski definition) is 1. The molecule has 1 saturated heterocycles. The fourth-order valence-corrected chi connectivity index (χ4v) is 2.24. The van der Waals surface area contributed by atoms with Gasteiger partial charge < -0.3 is 10.6 Å². The summed E-state index contributed by atoms with van der Waals surface area (Å²) in [6, 6.07) is 4.93. The summed E-state index contributed by atoms with van der Waals surface area (Å²) >= 11 is 11.8. The lowest BCUT2D eigenvalue weighted by Gasteiger charge is -2.16. The summed E-state index contributed by atoms with van der Waals surface area (Å²) in [5.41, 5.74) is 6.54. The third-order valence-corrected chi connectivity index (χ3v) is 3.30. The van der Waals surface area contributed by atoms with E-state index in [1.165, 1.54) is 0 Å². The zero-order chi connectivity index (χ0) is 11.7. The van der Waals surface area contributed by atoms with E-state index in [4.69, 9.17) is 28.9 Å². The van der Waals surface area contributed by atoms with Gasteiger partial charge in [0.05, 0.1) is 6.04 Å². The molecular weight excluding hydrogens is 247 g/mol. The first kappa shape index (κ1) is 11.7. The van der Waals surface area contributed by atoms with Gasteiger partial charge in [-0.05, 0) is 24.1 Å². The number of benzene rings is 1. The predicted molar refractivity (Wildman–Crippen MR) is 64.5 cm³/mol. The fourth-order valence-electron chi connectivity index (χ4n) is 1.78. The van der Waals surface area contributed by atoms with Gasteiger partial charge >= 0.3 is 0 Å². The summed E-state index contributed by atoms with van der Waals surface area (Å²) in [5, 5.41) is 1.18. The van der Waals surface area contributed by atoms with E-state index in [9.17, 15) is 4.79 Å². The lowest BCUT2D eigenvalue weighted by atomic mass is 10.2. The van der Waals surface area contributed by atoms with Crippen molar-refractivity contribution in [2.45, 2.75) is 19.0 Å². The molecule has 16 heavy (non-hydrogen) atoms. The van der Waals surface area contributed by atoms with Gasteiger partial charge in [-0.3, -0.25) is 4.79 Å². The van der Waals surface area contributed by atoms with Crippen LogP contribution in [0.5, 0.6) is 0 Å². The minimum absolute atomic E-state index is 0.00832. The SMILES string of the molecule is N[C@@H]1CCN(Cc2ccc(Cl)cc2Cl)C1=O. The molecule has 1 aliphatic rings. The second-order valence-electron chi connectivity index (χ2n) is 3.89. The molecule has 0 saturated carbocycles.